The molecule has 0 aliphatic carbocycles. The molecule has 3 rings (SSSR count). The summed E-state index contributed by atoms with van der Waals surface area (Å²) in [6.07, 6.45) is 0. The van der Waals surface area contributed by atoms with Crippen molar-refractivity contribution in [2.75, 3.05) is 5.75 Å². The number of carbonyl (C=O) groups is 1. The van der Waals surface area contributed by atoms with Crippen LogP contribution in [0.25, 0.3) is 11.4 Å². The van der Waals surface area contributed by atoms with E-state index in [1.54, 1.807) is 29.5 Å². The predicted molar refractivity (Wildman–Crippen MR) is 112 cm³/mol. The third-order valence-electron chi connectivity index (χ3n) is 4.06. The topological polar surface area (TPSA) is 59.8 Å². The lowest BCUT2D eigenvalue weighted by Gasteiger charge is -2.14. The number of rotatable bonds is 8. The van der Waals surface area contributed by atoms with Gasteiger partial charge in [-0.1, -0.05) is 43.8 Å². The molecule has 1 atom stereocenters. The Balaban J connectivity index is 1.73. The predicted octanol–water partition coefficient (Wildman–Crippen LogP) is 4.77. The third kappa shape index (κ3) is 4.99. The Morgan fingerprint density at radius 3 is 2.68 bits per heavy atom. The first-order valence-electron chi connectivity index (χ1n) is 9.09. The fourth-order valence-corrected chi connectivity index (χ4v) is 4.28. The standard InChI is InChI=1S/C20H23FN4OS2/c1-13(2)11-25-19(15-7-4-5-8-16(15)21)23-24-20(25)28-12-18(26)22-14(3)17-9-6-10-27-17/h4-10,13-14H,11-12H2,1-3H3,(H,22,26). The largest absolute Gasteiger partial charge is 0.348 e. The number of nitrogens with one attached hydrogen (secondary N) is 1. The highest BCUT2D eigenvalue weighted by molar-refractivity contribution is 7.99. The lowest BCUT2D eigenvalue weighted by molar-refractivity contribution is -0.119. The zero-order chi connectivity index (χ0) is 20.1. The van der Waals surface area contributed by atoms with E-state index >= 15 is 0 Å². The minimum Gasteiger partial charge on any atom is -0.348 e. The van der Waals surface area contributed by atoms with E-state index < -0.39 is 0 Å². The molecule has 5 nitrogen and oxygen atoms in total. The quantitative estimate of drug-likeness (QED) is 0.535. The summed E-state index contributed by atoms with van der Waals surface area (Å²) in [4.78, 5) is 13.5. The zero-order valence-electron chi connectivity index (χ0n) is 16.1. The van der Waals surface area contributed by atoms with Crippen LogP contribution in [-0.4, -0.2) is 26.4 Å². The van der Waals surface area contributed by atoms with Gasteiger partial charge < -0.3 is 9.88 Å². The Morgan fingerprint density at radius 1 is 1.21 bits per heavy atom. The second-order valence-corrected chi connectivity index (χ2v) is 8.81. The minimum atomic E-state index is -0.334. The second-order valence-electron chi connectivity index (χ2n) is 6.88. The van der Waals surface area contributed by atoms with Crippen LogP contribution in [0, 0.1) is 11.7 Å². The normalized spacial score (nSPS) is 12.3. The van der Waals surface area contributed by atoms with Crippen molar-refractivity contribution in [2.45, 2.75) is 38.5 Å². The molecule has 148 valence electrons. The van der Waals surface area contributed by atoms with E-state index in [2.05, 4.69) is 29.4 Å². The molecule has 28 heavy (non-hydrogen) atoms. The fraction of sp³-hybridized carbons (Fsp3) is 0.350. The summed E-state index contributed by atoms with van der Waals surface area (Å²) in [5.74, 6) is 0.634. The summed E-state index contributed by atoms with van der Waals surface area (Å²) >= 11 is 2.93. The molecular formula is C20H23FN4OS2. The van der Waals surface area contributed by atoms with Crippen molar-refractivity contribution in [1.29, 1.82) is 0 Å². The van der Waals surface area contributed by atoms with Gasteiger partial charge in [0, 0.05) is 11.4 Å². The number of thioether (sulfide) groups is 1. The average molecular weight is 419 g/mol. The Bertz CT molecular complexity index is 924. The molecule has 1 aromatic carbocycles. The molecule has 0 aliphatic rings. The maximum Gasteiger partial charge on any atom is 0.230 e. The summed E-state index contributed by atoms with van der Waals surface area (Å²) in [5.41, 5.74) is 0.415. The van der Waals surface area contributed by atoms with Gasteiger partial charge in [0.15, 0.2) is 11.0 Å². The van der Waals surface area contributed by atoms with Gasteiger partial charge in [0.05, 0.1) is 17.4 Å². The van der Waals surface area contributed by atoms with Crippen LogP contribution < -0.4 is 5.32 Å². The van der Waals surface area contributed by atoms with E-state index in [0.29, 0.717) is 29.0 Å². The first-order valence-corrected chi connectivity index (χ1v) is 11.0. The Labute approximate surface area is 172 Å². The average Bonchev–Trinajstić information content (AvgIpc) is 3.31. The van der Waals surface area contributed by atoms with E-state index in [1.165, 1.54) is 17.8 Å². The van der Waals surface area contributed by atoms with Crippen LogP contribution in [0.4, 0.5) is 4.39 Å². The smallest absolute Gasteiger partial charge is 0.230 e. The molecule has 1 unspecified atom stereocenters. The van der Waals surface area contributed by atoms with Crippen LogP contribution in [0.3, 0.4) is 0 Å². The lowest BCUT2D eigenvalue weighted by Crippen LogP contribution is -2.27. The molecule has 0 radical (unpaired) electrons. The molecule has 1 amide bonds. The molecule has 1 N–H and O–H groups in total. The second kappa shape index (κ2) is 9.34. The number of carbonyl (C=O) groups excluding carboxylic acids is 1. The van der Waals surface area contributed by atoms with Crippen molar-refractivity contribution >= 4 is 29.0 Å². The van der Waals surface area contributed by atoms with Crippen molar-refractivity contribution in [2.24, 2.45) is 5.92 Å². The Morgan fingerprint density at radius 2 is 2.00 bits per heavy atom. The van der Waals surface area contributed by atoms with E-state index in [1.807, 2.05) is 29.0 Å². The van der Waals surface area contributed by atoms with Crippen LogP contribution in [-0.2, 0) is 11.3 Å². The summed E-state index contributed by atoms with van der Waals surface area (Å²) in [7, 11) is 0. The molecule has 0 bridgehead atoms. The number of halogens is 1. The van der Waals surface area contributed by atoms with Crippen LogP contribution in [0.5, 0.6) is 0 Å². The van der Waals surface area contributed by atoms with Crippen molar-refractivity contribution in [3.63, 3.8) is 0 Å². The van der Waals surface area contributed by atoms with E-state index in [-0.39, 0.29) is 23.5 Å². The van der Waals surface area contributed by atoms with Gasteiger partial charge >= 0.3 is 0 Å². The molecule has 0 saturated carbocycles. The van der Waals surface area contributed by atoms with Gasteiger partial charge in [-0.3, -0.25) is 4.79 Å². The number of amides is 1. The zero-order valence-corrected chi connectivity index (χ0v) is 17.7. The Hall–Kier alpha value is -2.19. The number of thiophene rings is 1. The highest BCUT2D eigenvalue weighted by Crippen LogP contribution is 2.27. The van der Waals surface area contributed by atoms with Crippen LogP contribution >= 0.6 is 23.1 Å². The van der Waals surface area contributed by atoms with Gasteiger partial charge in [0.2, 0.25) is 5.91 Å². The van der Waals surface area contributed by atoms with E-state index in [4.69, 9.17) is 0 Å². The van der Waals surface area contributed by atoms with Crippen LogP contribution in [0.1, 0.15) is 31.7 Å². The van der Waals surface area contributed by atoms with Crippen LogP contribution in [0.2, 0.25) is 0 Å². The number of aromatic nitrogens is 3. The van der Waals surface area contributed by atoms with Crippen molar-refractivity contribution in [1.82, 2.24) is 20.1 Å². The van der Waals surface area contributed by atoms with Gasteiger partial charge in [0.1, 0.15) is 5.82 Å². The summed E-state index contributed by atoms with van der Waals surface area (Å²) < 4.78 is 16.1. The van der Waals surface area contributed by atoms with Gasteiger partial charge in [-0.25, -0.2) is 4.39 Å². The van der Waals surface area contributed by atoms with Gasteiger partial charge in [-0.15, -0.1) is 21.5 Å². The molecule has 0 saturated heterocycles. The first-order chi connectivity index (χ1) is 13.5. The van der Waals surface area contributed by atoms with E-state index in [9.17, 15) is 9.18 Å². The molecule has 3 aromatic rings. The maximum absolute atomic E-state index is 14.2. The van der Waals surface area contributed by atoms with E-state index in [0.717, 1.165) is 4.88 Å². The monoisotopic (exact) mass is 418 g/mol. The number of nitrogens with zero attached hydrogens (tertiary/aromatic N) is 3. The maximum atomic E-state index is 14.2. The van der Waals surface area contributed by atoms with Crippen molar-refractivity contribution < 1.29 is 9.18 Å². The number of benzene rings is 1. The summed E-state index contributed by atoms with van der Waals surface area (Å²) in [5, 5.41) is 14.0. The molecular weight excluding hydrogens is 395 g/mol. The highest BCUT2D eigenvalue weighted by atomic mass is 32.2. The number of hydrogen-bond donors (Lipinski definition) is 1. The molecule has 2 heterocycles. The SMILES string of the molecule is CC(C)Cn1c(SCC(=O)NC(C)c2cccs2)nnc1-c1ccccc1F. The highest BCUT2D eigenvalue weighted by Gasteiger charge is 2.19. The van der Waals surface area contributed by atoms with Crippen molar-refractivity contribution in [3.05, 3.63) is 52.5 Å². The molecule has 0 aliphatic heterocycles. The molecule has 0 fully saturated rings. The fourth-order valence-electron chi connectivity index (χ4n) is 2.79. The molecule has 0 spiro atoms. The molecule has 2 aromatic heterocycles. The summed E-state index contributed by atoms with van der Waals surface area (Å²) in [6, 6.07) is 10.5. The van der Waals surface area contributed by atoms with Crippen LogP contribution in [0.15, 0.2) is 46.9 Å². The lowest BCUT2D eigenvalue weighted by atomic mass is 10.2. The third-order valence-corrected chi connectivity index (χ3v) is 6.08. The van der Waals surface area contributed by atoms with Gasteiger partial charge in [0.25, 0.3) is 0 Å². The minimum absolute atomic E-state index is 0.0318. The van der Waals surface area contributed by atoms with Crippen molar-refractivity contribution in [3.8, 4) is 11.4 Å². The Kier molecular flexibility index (Phi) is 6.85. The number of hydrogen-bond acceptors (Lipinski definition) is 5. The first kappa shape index (κ1) is 20.5. The molecule has 8 heteroatoms. The van der Waals surface area contributed by atoms with Gasteiger partial charge in [-0.2, -0.15) is 0 Å². The van der Waals surface area contributed by atoms with Gasteiger partial charge in [-0.05, 0) is 36.4 Å². The summed E-state index contributed by atoms with van der Waals surface area (Å²) in [6.45, 7) is 6.77.